The zero-order chi connectivity index (χ0) is 14.9. The van der Waals surface area contributed by atoms with Crippen LogP contribution in [0.5, 0.6) is 0 Å². The molecule has 1 unspecified atom stereocenters. The van der Waals surface area contributed by atoms with Gasteiger partial charge in [-0.1, -0.05) is 17.7 Å². The highest BCUT2D eigenvalue weighted by Gasteiger charge is 2.37. The molecular formula is C13H17F2NO3S. The Morgan fingerprint density at radius 3 is 2.40 bits per heavy atom. The SMILES string of the molecule is Cc1ccc(S(=O)(=O)N2CC(C(F)F)C[C@H](O)C2)cc1. The lowest BCUT2D eigenvalue weighted by Crippen LogP contribution is -2.47. The van der Waals surface area contributed by atoms with E-state index in [9.17, 15) is 22.3 Å². The average molecular weight is 305 g/mol. The number of halogens is 2. The molecule has 1 aliphatic rings. The fourth-order valence-electron chi connectivity index (χ4n) is 2.31. The van der Waals surface area contributed by atoms with Gasteiger partial charge in [0, 0.05) is 19.0 Å². The van der Waals surface area contributed by atoms with Gasteiger partial charge in [-0.2, -0.15) is 4.31 Å². The van der Waals surface area contributed by atoms with Gasteiger partial charge in [-0.25, -0.2) is 17.2 Å². The van der Waals surface area contributed by atoms with Crippen molar-refractivity contribution in [1.29, 1.82) is 0 Å². The fourth-order valence-corrected chi connectivity index (χ4v) is 3.84. The van der Waals surface area contributed by atoms with Crippen molar-refractivity contribution in [1.82, 2.24) is 4.31 Å². The monoisotopic (exact) mass is 305 g/mol. The highest BCUT2D eigenvalue weighted by Crippen LogP contribution is 2.27. The number of hydrogen-bond donors (Lipinski definition) is 1. The van der Waals surface area contributed by atoms with Crippen LogP contribution in [-0.2, 0) is 10.0 Å². The lowest BCUT2D eigenvalue weighted by Gasteiger charge is -2.34. The summed E-state index contributed by atoms with van der Waals surface area (Å²) in [5.41, 5.74) is 0.910. The van der Waals surface area contributed by atoms with Crippen LogP contribution in [0.2, 0.25) is 0 Å². The van der Waals surface area contributed by atoms with Gasteiger partial charge < -0.3 is 5.11 Å². The molecule has 0 saturated carbocycles. The standard InChI is InChI=1S/C13H17F2NO3S/c1-9-2-4-12(5-3-9)20(18,19)16-7-10(13(14)15)6-11(17)8-16/h2-5,10-11,13,17H,6-8H2,1H3/t10?,11-/m0/s1. The van der Waals surface area contributed by atoms with Gasteiger partial charge in [-0.15, -0.1) is 0 Å². The zero-order valence-electron chi connectivity index (χ0n) is 11.0. The molecule has 4 nitrogen and oxygen atoms in total. The Labute approximate surface area is 117 Å². The summed E-state index contributed by atoms with van der Waals surface area (Å²) in [4.78, 5) is 0.0604. The molecule has 7 heteroatoms. The lowest BCUT2D eigenvalue weighted by atomic mass is 9.98. The molecule has 2 rings (SSSR count). The molecule has 1 heterocycles. The first-order chi connectivity index (χ1) is 9.30. The third kappa shape index (κ3) is 3.16. The zero-order valence-corrected chi connectivity index (χ0v) is 11.9. The number of aliphatic hydroxyl groups excluding tert-OH is 1. The minimum atomic E-state index is -3.84. The minimum absolute atomic E-state index is 0.0604. The van der Waals surface area contributed by atoms with Gasteiger partial charge in [0.2, 0.25) is 16.4 Å². The van der Waals surface area contributed by atoms with Gasteiger partial charge in [-0.05, 0) is 25.5 Å². The summed E-state index contributed by atoms with van der Waals surface area (Å²) in [6.07, 6.45) is -3.76. The number of alkyl halides is 2. The summed E-state index contributed by atoms with van der Waals surface area (Å²) in [5.74, 6) is -1.13. The maximum Gasteiger partial charge on any atom is 0.243 e. The normalized spacial score (nSPS) is 25.1. The third-order valence-corrected chi connectivity index (χ3v) is 5.29. The predicted molar refractivity (Wildman–Crippen MR) is 70.1 cm³/mol. The molecule has 0 amide bonds. The van der Waals surface area contributed by atoms with Gasteiger partial charge in [0.1, 0.15) is 0 Å². The predicted octanol–water partition coefficient (Wildman–Crippen LogP) is 1.63. The van der Waals surface area contributed by atoms with E-state index in [2.05, 4.69) is 0 Å². The van der Waals surface area contributed by atoms with Crippen molar-refractivity contribution < 1.29 is 22.3 Å². The smallest absolute Gasteiger partial charge is 0.243 e. The number of rotatable bonds is 3. The van der Waals surface area contributed by atoms with E-state index in [0.29, 0.717) is 0 Å². The summed E-state index contributed by atoms with van der Waals surface area (Å²) in [5, 5.41) is 9.61. The van der Waals surface area contributed by atoms with Crippen LogP contribution in [0.15, 0.2) is 29.2 Å². The average Bonchev–Trinajstić information content (AvgIpc) is 2.38. The second-order valence-corrected chi connectivity index (χ2v) is 7.06. The summed E-state index contributed by atoms with van der Waals surface area (Å²) in [6, 6.07) is 6.20. The van der Waals surface area contributed by atoms with Gasteiger partial charge in [0.25, 0.3) is 0 Å². The first-order valence-electron chi connectivity index (χ1n) is 6.33. The number of hydrogen-bond acceptors (Lipinski definition) is 3. The van der Waals surface area contributed by atoms with Gasteiger partial charge in [0.05, 0.1) is 11.0 Å². The van der Waals surface area contributed by atoms with Crippen LogP contribution in [0.3, 0.4) is 0 Å². The Hall–Kier alpha value is -1.05. The maximum absolute atomic E-state index is 12.8. The van der Waals surface area contributed by atoms with Crippen molar-refractivity contribution in [3.63, 3.8) is 0 Å². The van der Waals surface area contributed by atoms with E-state index in [1.807, 2.05) is 6.92 Å². The van der Waals surface area contributed by atoms with Gasteiger partial charge >= 0.3 is 0 Å². The molecule has 0 bridgehead atoms. The van der Waals surface area contributed by atoms with Crippen molar-refractivity contribution in [3.8, 4) is 0 Å². The van der Waals surface area contributed by atoms with Crippen LogP contribution in [-0.4, -0.2) is 43.4 Å². The van der Waals surface area contributed by atoms with E-state index in [1.54, 1.807) is 12.1 Å². The summed E-state index contributed by atoms with van der Waals surface area (Å²) < 4.78 is 51.3. The maximum atomic E-state index is 12.8. The third-order valence-electron chi connectivity index (χ3n) is 3.44. The van der Waals surface area contributed by atoms with Crippen LogP contribution < -0.4 is 0 Å². The fraction of sp³-hybridized carbons (Fsp3) is 0.538. The molecule has 1 N–H and O–H groups in total. The molecule has 0 aromatic heterocycles. The molecule has 0 spiro atoms. The Kier molecular flexibility index (Phi) is 4.41. The topological polar surface area (TPSA) is 57.6 Å². The number of benzene rings is 1. The molecule has 1 saturated heterocycles. The highest BCUT2D eigenvalue weighted by molar-refractivity contribution is 7.89. The largest absolute Gasteiger partial charge is 0.392 e. The molecule has 20 heavy (non-hydrogen) atoms. The molecule has 1 aromatic rings. The summed E-state index contributed by atoms with van der Waals surface area (Å²) in [6.45, 7) is 1.43. The van der Waals surface area contributed by atoms with E-state index >= 15 is 0 Å². The van der Waals surface area contributed by atoms with Crippen molar-refractivity contribution in [3.05, 3.63) is 29.8 Å². The number of aliphatic hydroxyl groups is 1. The van der Waals surface area contributed by atoms with Crippen molar-refractivity contribution in [2.75, 3.05) is 13.1 Å². The van der Waals surface area contributed by atoms with E-state index in [0.717, 1.165) is 9.87 Å². The number of nitrogens with zero attached hydrogens (tertiary/aromatic N) is 1. The molecule has 1 aliphatic heterocycles. The van der Waals surface area contributed by atoms with Crippen molar-refractivity contribution >= 4 is 10.0 Å². The molecule has 2 atom stereocenters. The number of piperidine rings is 1. The lowest BCUT2D eigenvalue weighted by molar-refractivity contribution is -0.00253. The van der Waals surface area contributed by atoms with Gasteiger partial charge in [-0.3, -0.25) is 0 Å². The first-order valence-corrected chi connectivity index (χ1v) is 7.77. The summed E-state index contributed by atoms with van der Waals surface area (Å²) >= 11 is 0. The molecule has 0 aliphatic carbocycles. The Morgan fingerprint density at radius 2 is 1.85 bits per heavy atom. The van der Waals surface area contributed by atoms with Gasteiger partial charge in [0.15, 0.2) is 0 Å². The minimum Gasteiger partial charge on any atom is -0.392 e. The summed E-state index contributed by atoms with van der Waals surface area (Å²) in [7, 11) is -3.84. The Morgan fingerprint density at radius 1 is 1.25 bits per heavy atom. The molecule has 1 aromatic carbocycles. The van der Waals surface area contributed by atoms with Crippen LogP contribution in [0.25, 0.3) is 0 Å². The molecule has 1 fully saturated rings. The first kappa shape index (κ1) is 15.3. The Bertz CT molecular complexity index is 559. The van der Waals surface area contributed by atoms with E-state index in [1.165, 1.54) is 12.1 Å². The highest BCUT2D eigenvalue weighted by atomic mass is 32.2. The van der Waals surface area contributed by atoms with E-state index in [4.69, 9.17) is 0 Å². The molecular weight excluding hydrogens is 288 g/mol. The van der Waals surface area contributed by atoms with Crippen molar-refractivity contribution in [2.45, 2.75) is 30.8 Å². The van der Waals surface area contributed by atoms with Crippen LogP contribution >= 0.6 is 0 Å². The van der Waals surface area contributed by atoms with Crippen molar-refractivity contribution in [2.24, 2.45) is 5.92 Å². The number of aryl methyl sites for hydroxylation is 1. The van der Waals surface area contributed by atoms with Crippen LogP contribution in [0.1, 0.15) is 12.0 Å². The Balaban J connectivity index is 2.26. The second-order valence-electron chi connectivity index (χ2n) is 5.12. The van der Waals surface area contributed by atoms with Crippen LogP contribution in [0.4, 0.5) is 8.78 Å². The van der Waals surface area contributed by atoms with E-state index in [-0.39, 0.29) is 24.4 Å². The van der Waals surface area contributed by atoms with Crippen LogP contribution in [0, 0.1) is 12.8 Å². The second kappa shape index (κ2) is 5.75. The number of β-amino-alcohol motifs (C(OH)–C–C–N with tert-alkyl or cyclic N) is 1. The quantitative estimate of drug-likeness (QED) is 0.923. The molecule has 112 valence electrons. The number of sulfonamides is 1. The molecule has 0 radical (unpaired) electrons. The van der Waals surface area contributed by atoms with E-state index < -0.39 is 28.5 Å².